The maximum atomic E-state index is 13.2. The molecule has 0 saturated heterocycles. The van der Waals surface area contributed by atoms with Gasteiger partial charge in [0.15, 0.2) is 5.69 Å². The molecule has 1 heterocycles. The Balaban J connectivity index is 2.34. The molecule has 0 aliphatic rings. The van der Waals surface area contributed by atoms with E-state index in [0.717, 1.165) is 22.9 Å². The van der Waals surface area contributed by atoms with Crippen LogP contribution >= 0.6 is 11.8 Å². The van der Waals surface area contributed by atoms with Gasteiger partial charge in [0.1, 0.15) is 0 Å². The van der Waals surface area contributed by atoms with Crippen molar-refractivity contribution in [1.82, 2.24) is 15.1 Å². The normalized spacial score (nSPS) is 12.1. The zero-order valence-electron chi connectivity index (χ0n) is 14.2. The van der Waals surface area contributed by atoms with Crippen molar-refractivity contribution in [2.24, 2.45) is 0 Å². The molecule has 1 aromatic carbocycles. The van der Waals surface area contributed by atoms with Gasteiger partial charge < -0.3 is 5.32 Å². The smallest absolute Gasteiger partial charge is 0.350 e. The molecule has 152 valence electrons. The van der Waals surface area contributed by atoms with Gasteiger partial charge >= 0.3 is 11.7 Å². The van der Waals surface area contributed by atoms with E-state index in [9.17, 15) is 35.9 Å². The van der Waals surface area contributed by atoms with Crippen molar-refractivity contribution in [3.63, 3.8) is 0 Å². The Hall–Kier alpha value is -2.50. The van der Waals surface area contributed by atoms with Gasteiger partial charge in [-0.25, -0.2) is 4.68 Å². The number of aryl methyl sites for hydroxylation is 1. The van der Waals surface area contributed by atoms with Crippen molar-refractivity contribution in [2.45, 2.75) is 18.6 Å². The molecule has 0 aliphatic carbocycles. The molecule has 1 amide bonds. The highest BCUT2D eigenvalue weighted by Gasteiger charge is 2.34. The predicted octanol–water partition coefficient (Wildman–Crippen LogP) is 3.54. The number of hydrogen-bond acceptors (Lipinski definition) is 4. The van der Waals surface area contributed by atoms with Crippen LogP contribution in [-0.2, 0) is 6.18 Å². The van der Waals surface area contributed by atoms with Crippen LogP contribution in [0.25, 0.3) is 5.69 Å². The van der Waals surface area contributed by atoms with Crippen LogP contribution < -0.4 is 10.7 Å². The number of carbonyl (C=O) groups is 1. The van der Waals surface area contributed by atoms with Gasteiger partial charge in [-0.2, -0.15) is 31.4 Å². The third kappa shape index (κ3) is 5.50. The largest absolute Gasteiger partial charge is 0.441 e. The summed E-state index contributed by atoms with van der Waals surface area (Å²) in [5.41, 5.74) is -7.43. The Morgan fingerprint density at radius 2 is 1.82 bits per heavy atom. The molecule has 2 aromatic rings. The number of nitrogens with zero attached hydrogens (tertiary/aromatic N) is 2. The van der Waals surface area contributed by atoms with Crippen LogP contribution in [0.5, 0.6) is 0 Å². The van der Waals surface area contributed by atoms with Crippen LogP contribution in [0, 0.1) is 6.92 Å². The minimum atomic E-state index is -4.70. The summed E-state index contributed by atoms with van der Waals surface area (Å²) in [6.07, 6.45) is -4.70. The first-order chi connectivity index (χ1) is 12.9. The Kier molecular flexibility index (Phi) is 6.42. The van der Waals surface area contributed by atoms with Crippen molar-refractivity contribution in [2.75, 3.05) is 12.3 Å². The number of aromatic nitrogens is 2. The van der Waals surface area contributed by atoms with Crippen LogP contribution in [0.2, 0.25) is 0 Å². The highest BCUT2D eigenvalue weighted by atomic mass is 32.2. The van der Waals surface area contributed by atoms with Crippen LogP contribution in [0.1, 0.15) is 21.7 Å². The van der Waals surface area contributed by atoms with Crippen LogP contribution in [0.3, 0.4) is 0 Å². The van der Waals surface area contributed by atoms with Gasteiger partial charge in [-0.05, 0) is 30.8 Å². The molecule has 0 unspecified atom stereocenters. The molecule has 0 atom stereocenters. The number of alkyl halides is 6. The first-order valence-corrected chi connectivity index (χ1v) is 8.65. The quantitative estimate of drug-likeness (QED) is 0.588. The number of hydrogen-bond donors (Lipinski definition) is 1. The predicted molar refractivity (Wildman–Crippen MR) is 90.4 cm³/mol. The summed E-state index contributed by atoms with van der Waals surface area (Å²) >= 11 is -0.361. The molecule has 28 heavy (non-hydrogen) atoms. The molecule has 0 aliphatic heterocycles. The number of halogens is 6. The summed E-state index contributed by atoms with van der Waals surface area (Å²) in [5.74, 6) is -1.57. The maximum absolute atomic E-state index is 13.2. The second-order valence-electron chi connectivity index (χ2n) is 5.48. The van der Waals surface area contributed by atoms with Crippen molar-refractivity contribution >= 4 is 17.7 Å². The highest BCUT2D eigenvalue weighted by molar-refractivity contribution is 8.00. The average molecular weight is 425 g/mol. The SMILES string of the molecule is Cc1cc(=O)c(C(=O)NCCSC(F)(F)F)nn1-c1ccccc1C(F)(F)F. The van der Waals surface area contributed by atoms with Gasteiger partial charge in [-0.3, -0.25) is 9.59 Å². The fourth-order valence-electron chi connectivity index (χ4n) is 2.26. The molecule has 2 rings (SSSR count). The zero-order valence-corrected chi connectivity index (χ0v) is 15.0. The summed E-state index contributed by atoms with van der Waals surface area (Å²) < 4.78 is 76.7. The van der Waals surface area contributed by atoms with E-state index in [4.69, 9.17) is 0 Å². The number of thioether (sulfide) groups is 1. The lowest BCUT2D eigenvalue weighted by Crippen LogP contribution is -2.33. The van der Waals surface area contributed by atoms with Gasteiger partial charge in [0, 0.05) is 24.1 Å². The number of rotatable bonds is 5. The van der Waals surface area contributed by atoms with Crippen LogP contribution in [0.4, 0.5) is 26.3 Å². The molecule has 0 bridgehead atoms. The zero-order chi connectivity index (χ0) is 21.1. The number of nitrogens with one attached hydrogen (secondary N) is 1. The van der Waals surface area contributed by atoms with Gasteiger partial charge in [0.2, 0.25) is 5.43 Å². The van der Waals surface area contributed by atoms with E-state index in [1.54, 1.807) is 0 Å². The Labute approximate surface area is 158 Å². The molecule has 0 fully saturated rings. The standard InChI is InChI=1S/C16H13F6N3O2S/c1-9-8-12(26)13(14(27)23-6-7-28-16(20,21)22)24-25(9)11-5-3-2-4-10(11)15(17,18)19/h2-5,8H,6-7H2,1H3,(H,23,27). The first kappa shape index (κ1) is 21.8. The average Bonchev–Trinajstić information content (AvgIpc) is 2.57. The molecule has 0 saturated carbocycles. The van der Waals surface area contributed by atoms with Crippen molar-refractivity contribution in [3.05, 3.63) is 57.5 Å². The lowest BCUT2D eigenvalue weighted by Gasteiger charge is -2.16. The van der Waals surface area contributed by atoms with E-state index in [0.29, 0.717) is 0 Å². The second kappa shape index (κ2) is 8.25. The summed E-state index contributed by atoms with van der Waals surface area (Å²) in [5, 5.41) is 5.80. The fraction of sp³-hybridized carbons (Fsp3) is 0.312. The van der Waals surface area contributed by atoms with E-state index >= 15 is 0 Å². The molecule has 12 heteroatoms. The minimum absolute atomic E-state index is 0.0471. The van der Waals surface area contributed by atoms with Crippen molar-refractivity contribution in [3.8, 4) is 5.69 Å². The molecule has 1 N–H and O–H groups in total. The van der Waals surface area contributed by atoms with Crippen molar-refractivity contribution in [1.29, 1.82) is 0 Å². The van der Waals surface area contributed by atoms with Gasteiger partial charge in [0.25, 0.3) is 5.91 Å². The van der Waals surface area contributed by atoms with Gasteiger partial charge in [0.05, 0.1) is 11.3 Å². The second-order valence-corrected chi connectivity index (χ2v) is 6.64. The molecular weight excluding hydrogens is 412 g/mol. The third-order valence-electron chi connectivity index (χ3n) is 3.41. The number of benzene rings is 1. The summed E-state index contributed by atoms with van der Waals surface area (Å²) in [6.45, 7) is 0.931. The Morgan fingerprint density at radius 3 is 2.43 bits per heavy atom. The maximum Gasteiger partial charge on any atom is 0.441 e. The Morgan fingerprint density at radius 1 is 1.18 bits per heavy atom. The van der Waals surface area contributed by atoms with Crippen LogP contribution in [-0.4, -0.2) is 33.5 Å². The summed E-state index contributed by atoms with van der Waals surface area (Å²) in [7, 11) is 0. The Bertz CT molecular complexity index is 924. The number of para-hydroxylation sites is 1. The van der Waals surface area contributed by atoms with E-state index in [2.05, 4.69) is 10.4 Å². The fourth-order valence-corrected chi connectivity index (χ4v) is 2.70. The number of carbonyl (C=O) groups excluding carboxylic acids is 1. The minimum Gasteiger partial charge on any atom is -0.350 e. The van der Waals surface area contributed by atoms with E-state index in [-0.39, 0.29) is 17.5 Å². The van der Waals surface area contributed by atoms with E-state index < -0.39 is 52.3 Å². The van der Waals surface area contributed by atoms with E-state index in [1.165, 1.54) is 19.1 Å². The van der Waals surface area contributed by atoms with Gasteiger partial charge in [-0.15, -0.1) is 0 Å². The topological polar surface area (TPSA) is 64.0 Å². The lowest BCUT2D eigenvalue weighted by molar-refractivity contribution is -0.137. The van der Waals surface area contributed by atoms with E-state index in [1.807, 2.05) is 0 Å². The molecule has 0 radical (unpaired) electrons. The summed E-state index contributed by atoms with van der Waals surface area (Å²) in [4.78, 5) is 24.1. The van der Waals surface area contributed by atoms with Crippen molar-refractivity contribution < 1.29 is 31.1 Å². The lowest BCUT2D eigenvalue weighted by atomic mass is 10.1. The monoisotopic (exact) mass is 425 g/mol. The molecule has 1 aromatic heterocycles. The van der Waals surface area contributed by atoms with Crippen LogP contribution in [0.15, 0.2) is 35.1 Å². The molecular formula is C16H13F6N3O2S. The molecule has 5 nitrogen and oxygen atoms in total. The van der Waals surface area contributed by atoms with Gasteiger partial charge in [-0.1, -0.05) is 12.1 Å². The highest BCUT2D eigenvalue weighted by Crippen LogP contribution is 2.33. The third-order valence-corrected chi connectivity index (χ3v) is 4.15. The first-order valence-electron chi connectivity index (χ1n) is 7.66. The summed E-state index contributed by atoms with van der Waals surface area (Å²) in [6, 6.07) is 5.38. The number of amides is 1. The molecule has 0 spiro atoms.